The molecule has 0 bridgehead atoms. The second-order valence-electron chi connectivity index (χ2n) is 9.74. The first-order valence-electron chi connectivity index (χ1n) is 14.9. The number of carbonyl (C=O) groups excluding carboxylic acids is 4. The Hall–Kier alpha value is -4.86. The molecule has 0 saturated heterocycles. The lowest BCUT2D eigenvalue weighted by Crippen LogP contribution is -2.14. The number of esters is 3. The Bertz CT molecular complexity index is 1310. The van der Waals surface area contributed by atoms with Crippen LogP contribution in [0.1, 0.15) is 62.6 Å². The average Bonchev–Trinajstić information content (AvgIpc) is 3.04. The number of hydrogen-bond donors (Lipinski definition) is 0. The largest absolute Gasteiger partial charge is 0.513 e. The first kappa shape index (κ1) is 36.3. The van der Waals surface area contributed by atoms with Gasteiger partial charge in [0.05, 0.1) is 39.5 Å². The SMILES string of the molecule is C=CC(=O)OCCCCOC(=O)Oc1ccc(/C=C/c2ccc(OCCCOC(=O)C(=C)CC(=O)OCCC)cc2)cc1CC. The highest BCUT2D eigenvalue weighted by molar-refractivity contribution is 5.93. The van der Waals surface area contributed by atoms with Gasteiger partial charge in [-0.05, 0) is 66.6 Å². The molecule has 2 rings (SSSR count). The van der Waals surface area contributed by atoms with Crippen LogP contribution in [0.3, 0.4) is 0 Å². The normalized spacial score (nSPS) is 10.5. The summed E-state index contributed by atoms with van der Waals surface area (Å²) < 4.78 is 31.2. The Balaban J connectivity index is 1.73. The Morgan fingerprint density at radius 1 is 0.756 bits per heavy atom. The molecule has 0 atom stereocenters. The van der Waals surface area contributed by atoms with Gasteiger partial charge in [0.15, 0.2) is 0 Å². The molecule has 0 unspecified atom stereocenters. The summed E-state index contributed by atoms with van der Waals surface area (Å²) in [7, 11) is 0. The smallest absolute Gasteiger partial charge is 0.493 e. The summed E-state index contributed by atoms with van der Waals surface area (Å²) in [6.45, 7) is 12.0. The molecule has 0 heterocycles. The fourth-order valence-corrected chi connectivity index (χ4v) is 3.69. The second kappa shape index (κ2) is 20.9. The minimum absolute atomic E-state index is 0.0610. The fraction of sp³-hybridized carbons (Fsp3) is 0.371. The number of aryl methyl sites for hydroxylation is 1. The third-order valence-electron chi connectivity index (χ3n) is 6.08. The zero-order valence-corrected chi connectivity index (χ0v) is 26.0. The van der Waals surface area contributed by atoms with Crippen molar-refractivity contribution in [2.45, 2.75) is 52.4 Å². The molecule has 0 N–H and O–H groups in total. The average molecular weight is 623 g/mol. The molecular formula is C35H42O10. The molecule has 242 valence electrons. The number of hydrogen-bond acceptors (Lipinski definition) is 10. The fourth-order valence-electron chi connectivity index (χ4n) is 3.69. The predicted molar refractivity (Wildman–Crippen MR) is 170 cm³/mol. The zero-order valence-electron chi connectivity index (χ0n) is 26.0. The van der Waals surface area contributed by atoms with Crippen molar-refractivity contribution in [3.8, 4) is 11.5 Å². The minimum atomic E-state index is -0.785. The van der Waals surface area contributed by atoms with Gasteiger partial charge in [-0.15, -0.1) is 0 Å². The van der Waals surface area contributed by atoms with E-state index in [-0.39, 0.29) is 31.8 Å². The third kappa shape index (κ3) is 14.9. The summed E-state index contributed by atoms with van der Waals surface area (Å²) in [5.41, 5.74) is 2.83. The van der Waals surface area contributed by atoms with Crippen LogP contribution in [0.2, 0.25) is 0 Å². The maximum atomic E-state index is 12.1. The molecular weight excluding hydrogens is 580 g/mol. The number of carbonyl (C=O) groups is 4. The summed E-state index contributed by atoms with van der Waals surface area (Å²) in [6, 6.07) is 13.1. The van der Waals surface area contributed by atoms with Gasteiger partial charge in [-0.3, -0.25) is 4.79 Å². The van der Waals surface area contributed by atoms with Gasteiger partial charge in [0, 0.05) is 18.1 Å². The number of unbranched alkanes of at least 4 members (excludes halogenated alkanes) is 1. The van der Waals surface area contributed by atoms with Gasteiger partial charge >= 0.3 is 24.1 Å². The van der Waals surface area contributed by atoms with Gasteiger partial charge in [-0.25, -0.2) is 14.4 Å². The van der Waals surface area contributed by atoms with Crippen LogP contribution in [0.4, 0.5) is 4.79 Å². The molecule has 0 aliphatic heterocycles. The van der Waals surface area contributed by atoms with Crippen LogP contribution in [-0.2, 0) is 39.8 Å². The highest BCUT2D eigenvalue weighted by Gasteiger charge is 2.14. The lowest BCUT2D eigenvalue weighted by Gasteiger charge is -2.10. The van der Waals surface area contributed by atoms with Crippen LogP contribution in [0.5, 0.6) is 11.5 Å². The van der Waals surface area contributed by atoms with Crippen LogP contribution in [-0.4, -0.2) is 57.1 Å². The van der Waals surface area contributed by atoms with Crippen molar-refractivity contribution in [3.63, 3.8) is 0 Å². The molecule has 2 aromatic rings. The van der Waals surface area contributed by atoms with Crippen molar-refractivity contribution in [1.29, 1.82) is 0 Å². The topological polar surface area (TPSA) is 124 Å². The van der Waals surface area contributed by atoms with Gasteiger partial charge in [0.25, 0.3) is 0 Å². The second-order valence-corrected chi connectivity index (χ2v) is 9.74. The summed E-state index contributed by atoms with van der Waals surface area (Å²) in [6.07, 6.45) is 6.98. The summed E-state index contributed by atoms with van der Waals surface area (Å²) in [5, 5.41) is 0. The number of benzene rings is 2. The van der Waals surface area contributed by atoms with E-state index in [0.717, 1.165) is 22.8 Å². The van der Waals surface area contributed by atoms with Crippen molar-refractivity contribution < 1.29 is 47.6 Å². The lowest BCUT2D eigenvalue weighted by atomic mass is 10.1. The first-order chi connectivity index (χ1) is 21.7. The Kier molecular flexibility index (Phi) is 16.9. The number of ether oxygens (including phenoxy) is 6. The van der Waals surface area contributed by atoms with E-state index in [1.165, 1.54) is 0 Å². The molecule has 0 aromatic heterocycles. The molecule has 2 aromatic carbocycles. The summed E-state index contributed by atoms with van der Waals surface area (Å²) in [4.78, 5) is 46.6. The van der Waals surface area contributed by atoms with E-state index >= 15 is 0 Å². The van der Waals surface area contributed by atoms with Crippen molar-refractivity contribution in [2.24, 2.45) is 0 Å². The quantitative estimate of drug-likeness (QED) is 0.0396. The molecule has 0 aliphatic rings. The van der Waals surface area contributed by atoms with E-state index in [1.807, 2.05) is 62.4 Å². The molecule has 0 radical (unpaired) electrons. The molecule has 0 spiro atoms. The molecule has 0 saturated carbocycles. The predicted octanol–water partition coefficient (Wildman–Crippen LogP) is 6.66. The first-order valence-corrected chi connectivity index (χ1v) is 14.9. The van der Waals surface area contributed by atoms with E-state index in [4.69, 9.17) is 28.4 Å². The third-order valence-corrected chi connectivity index (χ3v) is 6.08. The van der Waals surface area contributed by atoms with Crippen molar-refractivity contribution in [1.82, 2.24) is 0 Å². The highest BCUT2D eigenvalue weighted by Crippen LogP contribution is 2.23. The maximum absolute atomic E-state index is 12.1. The van der Waals surface area contributed by atoms with E-state index in [0.29, 0.717) is 56.8 Å². The van der Waals surface area contributed by atoms with Crippen LogP contribution in [0.25, 0.3) is 12.2 Å². The monoisotopic (exact) mass is 622 g/mol. The Morgan fingerprint density at radius 3 is 2.11 bits per heavy atom. The maximum Gasteiger partial charge on any atom is 0.513 e. The van der Waals surface area contributed by atoms with E-state index < -0.39 is 24.1 Å². The standard InChI is InChI=1S/C35H42O10/c1-5-19-41-33(37)24-26(4)34(38)43-23-10-22-40-30-16-13-27(14-17-30)11-12-28-15-18-31(29(6-2)25-28)45-35(39)44-21-9-8-20-42-32(36)7-3/h7,11-18,25H,3-6,8-10,19-24H2,1-2H3/b12-11+. The Labute approximate surface area is 264 Å². The highest BCUT2D eigenvalue weighted by atomic mass is 16.7. The summed E-state index contributed by atoms with van der Waals surface area (Å²) in [5.74, 6) is -0.482. The Morgan fingerprint density at radius 2 is 1.42 bits per heavy atom. The van der Waals surface area contributed by atoms with Gasteiger partial charge in [0.2, 0.25) is 0 Å². The summed E-state index contributed by atoms with van der Waals surface area (Å²) >= 11 is 0. The zero-order chi connectivity index (χ0) is 32.9. The van der Waals surface area contributed by atoms with Crippen LogP contribution >= 0.6 is 0 Å². The van der Waals surface area contributed by atoms with Gasteiger partial charge < -0.3 is 28.4 Å². The molecule has 10 heteroatoms. The van der Waals surface area contributed by atoms with Gasteiger partial charge in [-0.1, -0.05) is 57.4 Å². The minimum Gasteiger partial charge on any atom is -0.493 e. The van der Waals surface area contributed by atoms with E-state index in [9.17, 15) is 19.2 Å². The van der Waals surface area contributed by atoms with E-state index in [1.54, 1.807) is 6.07 Å². The molecule has 0 aliphatic carbocycles. The van der Waals surface area contributed by atoms with Crippen LogP contribution < -0.4 is 9.47 Å². The molecule has 45 heavy (non-hydrogen) atoms. The van der Waals surface area contributed by atoms with E-state index in [2.05, 4.69) is 13.2 Å². The molecule has 0 amide bonds. The molecule has 10 nitrogen and oxygen atoms in total. The van der Waals surface area contributed by atoms with Gasteiger partial charge in [0.1, 0.15) is 11.5 Å². The van der Waals surface area contributed by atoms with Gasteiger partial charge in [-0.2, -0.15) is 0 Å². The van der Waals surface area contributed by atoms with Crippen molar-refractivity contribution in [3.05, 3.63) is 84.0 Å². The van der Waals surface area contributed by atoms with Crippen molar-refractivity contribution >= 4 is 36.2 Å². The lowest BCUT2D eigenvalue weighted by molar-refractivity contribution is -0.146. The molecule has 0 fully saturated rings. The van der Waals surface area contributed by atoms with Crippen LogP contribution in [0, 0.1) is 0 Å². The van der Waals surface area contributed by atoms with Crippen LogP contribution in [0.15, 0.2) is 67.3 Å². The number of rotatable bonds is 20. The van der Waals surface area contributed by atoms with Crippen molar-refractivity contribution in [2.75, 3.05) is 33.0 Å².